The fraction of sp³-hybridized carbons (Fsp3) is 0.500. The first kappa shape index (κ1) is 15.2. The van der Waals surface area contributed by atoms with Crippen LogP contribution >= 0.6 is 0 Å². The molecule has 1 aromatic carbocycles. The normalized spacial score (nSPS) is 14.0. The fourth-order valence-corrected chi connectivity index (χ4v) is 2.22. The quantitative estimate of drug-likeness (QED) is 0.496. The highest BCUT2D eigenvalue weighted by Crippen LogP contribution is 2.32. The minimum atomic E-state index is -0.884. The number of nitrogens with zero attached hydrogens (tertiary/aromatic N) is 2. The zero-order chi connectivity index (χ0) is 15.6. The van der Waals surface area contributed by atoms with E-state index < -0.39 is 22.3 Å². The van der Waals surface area contributed by atoms with Crippen LogP contribution in [0.25, 0.3) is 0 Å². The number of nitrogens with two attached hydrogens (primary N) is 1. The maximum absolute atomic E-state index is 13.4. The Labute approximate surface area is 121 Å². The molecule has 0 unspecified atom stereocenters. The number of amides is 1. The summed E-state index contributed by atoms with van der Waals surface area (Å²) in [7, 11) is 0. The van der Waals surface area contributed by atoms with Crippen molar-refractivity contribution in [1.82, 2.24) is 4.90 Å². The lowest BCUT2D eigenvalue weighted by atomic mass is 10.1. The lowest BCUT2D eigenvalue weighted by Gasteiger charge is -2.22. The van der Waals surface area contributed by atoms with Crippen molar-refractivity contribution >= 4 is 17.3 Å². The van der Waals surface area contributed by atoms with Crippen molar-refractivity contribution in [2.24, 2.45) is 0 Å². The van der Waals surface area contributed by atoms with E-state index >= 15 is 0 Å². The van der Waals surface area contributed by atoms with Crippen molar-refractivity contribution in [3.8, 4) is 0 Å². The van der Waals surface area contributed by atoms with E-state index in [1.807, 2.05) is 6.92 Å². The molecule has 1 aliphatic rings. The van der Waals surface area contributed by atoms with Gasteiger partial charge in [0.05, 0.1) is 16.7 Å². The Morgan fingerprint density at radius 3 is 2.71 bits per heavy atom. The smallest absolute Gasteiger partial charge is 0.285 e. The number of hydrogen-bond donors (Lipinski definition) is 1. The third-order valence-corrected chi connectivity index (χ3v) is 3.54. The van der Waals surface area contributed by atoms with Crippen LogP contribution in [0.3, 0.4) is 0 Å². The van der Waals surface area contributed by atoms with Crippen LogP contribution in [-0.2, 0) is 0 Å². The molecule has 7 heteroatoms. The number of hydrogen-bond acceptors (Lipinski definition) is 4. The molecule has 1 aromatic rings. The summed E-state index contributed by atoms with van der Waals surface area (Å²) in [5, 5.41) is 11.0. The predicted octanol–water partition coefficient (Wildman–Crippen LogP) is 2.72. The molecule has 0 radical (unpaired) electrons. The van der Waals surface area contributed by atoms with Crippen molar-refractivity contribution < 1.29 is 14.1 Å². The molecular formula is C14H18FN3O3. The molecule has 1 aliphatic carbocycles. The number of nitro benzene ring substituents is 1. The van der Waals surface area contributed by atoms with E-state index in [1.54, 1.807) is 4.90 Å². The summed E-state index contributed by atoms with van der Waals surface area (Å²) < 4.78 is 13.4. The first-order valence-electron chi connectivity index (χ1n) is 7.00. The van der Waals surface area contributed by atoms with Crippen LogP contribution in [0.4, 0.5) is 15.8 Å². The molecule has 1 amide bonds. The monoisotopic (exact) mass is 295 g/mol. The molecule has 1 fully saturated rings. The number of carbonyl (C=O) groups is 1. The maximum Gasteiger partial charge on any atom is 0.285 e. The molecule has 0 aromatic heterocycles. The summed E-state index contributed by atoms with van der Waals surface area (Å²) in [6.07, 6.45) is 3.55. The van der Waals surface area contributed by atoms with E-state index in [9.17, 15) is 19.3 Å². The van der Waals surface area contributed by atoms with Gasteiger partial charge in [-0.1, -0.05) is 13.3 Å². The molecule has 2 rings (SSSR count). The highest BCUT2D eigenvalue weighted by atomic mass is 19.1. The second-order valence-corrected chi connectivity index (χ2v) is 5.23. The average molecular weight is 295 g/mol. The summed E-state index contributed by atoms with van der Waals surface area (Å²) in [6.45, 7) is 2.56. The van der Waals surface area contributed by atoms with Crippen molar-refractivity contribution in [3.63, 3.8) is 0 Å². The van der Waals surface area contributed by atoms with Gasteiger partial charge in [0.15, 0.2) is 5.82 Å². The topological polar surface area (TPSA) is 89.5 Å². The summed E-state index contributed by atoms with van der Waals surface area (Å²) in [4.78, 5) is 24.5. The number of rotatable bonds is 6. The highest BCUT2D eigenvalue weighted by molar-refractivity contribution is 5.99. The largest absolute Gasteiger partial charge is 0.396 e. The van der Waals surface area contributed by atoms with Crippen LogP contribution in [0.1, 0.15) is 43.0 Å². The number of nitro groups is 1. The molecule has 21 heavy (non-hydrogen) atoms. The molecule has 1 saturated carbocycles. The zero-order valence-electron chi connectivity index (χ0n) is 11.8. The molecule has 114 valence electrons. The molecule has 0 bridgehead atoms. The lowest BCUT2D eigenvalue weighted by Crippen LogP contribution is -2.34. The van der Waals surface area contributed by atoms with E-state index in [1.165, 1.54) is 0 Å². The second kappa shape index (κ2) is 6.07. The number of benzene rings is 1. The molecule has 0 aliphatic heterocycles. The first-order valence-corrected chi connectivity index (χ1v) is 7.00. The van der Waals surface area contributed by atoms with E-state index in [0.717, 1.165) is 31.7 Å². The van der Waals surface area contributed by atoms with Crippen molar-refractivity contribution in [2.75, 3.05) is 12.3 Å². The van der Waals surface area contributed by atoms with Crippen LogP contribution in [-0.4, -0.2) is 28.3 Å². The number of anilines is 1. The molecule has 0 heterocycles. The number of halogens is 1. The van der Waals surface area contributed by atoms with Gasteiger partial charge < -0.3 is 10.6 Å². The summed E-state index contributed by atoms with van der Waals surface area (Å²) in [5.41, 5.74) is 4.53. The minimum Gasteiger partial charge on any atom is -0.396 e. The Morgan fingerprint density at radius 1 is 1.52 bits per heavy atom. The van der Waals surface area contributed by atoms with Gasteiger partial charge >= 0.3 is 0 Å². The Balaban J connectivity index is 2.36. The molecule has 0 spiro atoms. The van der Waals surface area contributed by atoms with Gasteiger partial charge in [-0.15, -0.1) is 0 Å². The van der Waals surface area contributed by atoms with Crippen molar-refractivity contribution in [3.05, 3.63) is 33.6 Å². The van der Waals surface area contributed by atoms with Gasteiger partial charge in [0.25, 0.3) is 11.6 Å². The lowest BCUT2D eigenvalue weighted by molar-refractivity contribution is -0.385. The third kappa shape index (κ3) is 3.29. The van der Waals surface area contributed by atoms with Gasteiger partial charge in [-0.3, -0.25) is 14.9 Å². The number of carbonyl (C=O) groups excluding carboxylic acids is 1. The molecule has 6 nitrogen and oxygen atoms in total. The van der Waals surface area contributed by atoms with Gasteiger partial charge in [-0.25, -0.2) is 4.39 Å². The van der Waals surface area contributed by atoms with Crippen LogP contribution in [0.2, 0.25) is 0 Å². The van der Waals surface area contributed by atoms with Crippen molar-refractivity contribution in [2.45, 2.75) is 38.6 Å². The number of unbranched alkanes of at least 4 members (excludes halogenated alkanes) is 1. The van der Waals surface area contributed by atoms with Crippen LogP contribution in [0.5, 0.6) is 0 Å². The molecule has 0 saturated heterocycles. The maximum atomic E-state index is 13.4. The summed E-state index contributed by atoms with van der Waals surface area (Å²) in [5.74, 6) is -1.32. The van der Waals surface area contributed by atoms with Gasteiger partial charge in [-0.05, 0) is 25.3 Å². The standard InChI is InChI=1S/C14H18FN3O3/c1-2-3-6-17(9-4-5-9)14(19)10-7-12(16)11(15)8-13(10)18(20)21/h7-9H,2-6,16H2,1H3. The Hall–Kier alpha value is -2.18. The molecule has 0 atom stereocenters. The SMILES string of the molecule is CCCCN(C(=O)c1cc(N)c(F)cc1[N+](=O)[O-])C1CC1. The third-order valence-electron chi connectivity index (χ3n) is 3.54. The number of nitrogen functional groups attached to an aromatic ring is 1. The second-order valence-electron chi connectivity index (χ2n) is 5.23. The van der Waals surface area contributed by atoms with E-state index in [0.29, 0.717) is 12.6 Å². The average Bonchev–Trinajstić information content (AvgIpc) is 3.26. The highest BCUT2D eigenvalue weighted by Gasteiger charge is 2.35. The fourth-order valence-electron chi connectivity index (χ4n) is 2.22. The van der Waals surface area contributed by atoms with Gasteiger partial charge in [-0.2, -0.15) is 0 Å². The zero-order valence-corrected chi connectivity index (χ0v) is 11.8. The summed E-state index contributed by atoms with van der Waals surface area (Å²) >= 11 is 0. The first-order chi connectivity index (χ1) is 9.95. The van der Waals surface area contributed by atoms with Crippen LogP contribution in [0, 0.1) is 15.9 Å². The van der Waals surface area contributed by atoms with Crippen LogP contribution < -0.4 is 5.73 Å². The Bertz CT molecular complexity index is 573. The van der Waals surface area contributed by atoms with Crippen LogP contribution in [0.15, 0.2) is 12.1 Å². The van der Waals surface area contributed by atoms with Gasteiger partial charge in [0, 0.05) is 12.6 Å². The molecule has 2 N–H and O–H groups in total. The minimum absolute atomic E-state index is 0.134. The van der Waals surface area contributed by atoms with Gasteiger partial charge in [0.1, 0.15) is 5.56 Å². The van der Waals surface area contributed by atoms with E-state index in [4.69, 9.17) is 5.73 Å². The molecular weight excluding hydrogens is 277 g/mol. The summed E-state index contributed by atoms with van der Waals surface area (Å²) in [6, 6.07) is 1.92. The van der Waals surface area contributed by atoms with E-state index in [-0.39, 0.29) is 17.3 Å². The van der Waals surface area contributed by atoms with Gasteiger partial charge in [0.2, 0.25) is 0 Å². The van der Waals surface area contributed by atoms with E-state index in [2.05, 4.69) is 0 Å². The Morgan fingerprint density at radius 2 is 2.19 bits per heavy atom. The Kier molecular flexibility index (Phi) is 4.40. The van der Waals surface area contributed by atoms with Crippen molar-refractivity contribution in [1.29, 1.82) is 0 Å². The predicted molar refractivity (Wildman–Crippen MR) is 76.4 cm³/mol.